The molecule has 0 saturated heterocycles. The van der Waals surface area contributed by atoms with Gasteiger partial charge in [0.2, 0.25) is 0 Å². The highest BCUT2D eigenvalue weighted by Crippen LogP contribution is 2.26. The Morgan fingerprint density at radius 3 is 2.88 bits per heavy atom. The predicted molar refractivity (Wildman–Crippen MR) is 57.5 cm³/mol. The Kier molecular flexibility index (Phi) is 3.19. The standard InChI is InChI=1S/C10H8BrFN2O2/c1-6-9(14-16-13-6)5-15-10-3-2-7(12)4-8(10)11/h2-4H,5H2,1H3. The van der Waals surface area contributed by atoms with Gasteiger partial charge in [-0.3, -0.25) is 0 Å². The lowest BCUT2D eigenvalue weighted by molar-refractivity contribution is 0.269. The van der Waals surface area contributed by atoms with E-state index in [1.807, 2.05) is 0 Å². The van der Waals surface area contributed by atoms with E-state index >= 15 is 0 Å². The number of rotatable bonds is 3. The van der Waals surface area contributed by atoms with Crippen molar-refractivity contribution >= 4 is 15.9 Å². The molecule has 0 aliphatic heterocycles. The van der Waals surface area contributed by atoms with Crippen LogP contribution in [0.1, 0.15) is 11.4 Å². The zero-order chi connectivity index (χ0) is 11.5. The Hall–Kier alpha value is -1.43. The third kappa shape index (κ3) is 2.38. The third-order valence-corrected chi connectivity index (χ3v) is 2.62. The van der Waals surface area contributed by atoms with Crippen LogP contribution in [0.25, 0.3) is 0 Å². The minimum Gasteiger partial charge on any atom is -0.486 e. The molecule has 84 valence electrons. The molecule has 0 atom stereocenters. The van der Waals surface area contributed by atoms with Gasteiger partial charge in [0, 0.05) is 0 Å². The largest absolute Gasteiger partial charge is 0.486 e. The van der Waals surface area contributed by atoms with Gasteiger partial charge in [-0.05, 0) is 41.1 Å². The second kappa shape index (κ2) is 4.61. The highest BCUT2D eigenvalue weighted by Gasteiger charge is 2.08. The second-order valence-electron chi connectivity index (χ2n) is 3.16. The molecule has 0 unspecified atom stereocenters. The predicted octanol–water partition coefficient (Wildman–Crippen LogP) is 2.86. The minimum atomic E-state index is -0.321. The van der Waals surface area contributed by atoms with Gasteiger partial charge >= 0.3 is 0 Å². The number of ether oxygens (including phenoxy) is 1. The van der Waals surface area contributed by atoms with Crippen LogP contribution in [0.4, 0.5) is 4.39 Å². The van der Waals surface area contributed by atoms with Crippen LogP contribution < -0.4 is 4.74 Å². The van der Waals surface area contributed by atoms with E-state index in [9.17, 15) is 4.39 Å². The van der Waals surface area contributed by atoms with Crippen LogP contribution in [0.5, 0.6) is 5.75 Å². The fraction of sp³-hybridized carbons (Fsp3) is 0.200. The van der Waals surface area contributed by atoms with Gasteiger partial charge in [-0.15, -0.1) is 0 Å². The molecule has 16 heavy (non-hydrogen) atoms. The first kappa shape index (κ1) is 11.1. The molecule has 1 heterocycles. The number of aryl methyl sites for hydroxylation is 1. The molecule has 1 aromatic carbocycles. The zero-order valence-electron chi connectivity index (χ0n) is 8.41. The summed E-state index contributed by atoms with van der Waals surface area (Å²) in [6, 6.07) is 4.21. The summed E-state index contributed by atoms with van der Waals surface area (Å²) in [5, 5.41) is 7.31. The summed E-state index contributed by atoms with van der Waals surface area (Å²) in [5.41, 5.74) is 1.30. The van der Waals surface area contributed by atoms with Gasteiger partial charge in [-0.25, -0.2) is 9.02 Å². The van der Waals surface area contributed by atoms with Crippen LogP contribution in [-0.2, 0) is 6.61 Å². The smallest absolute Gasteiger partial charge is 0.145 e. The maximum atomic E-state index is 12.8. The van der Waals surface area contributed by atoms with Crippen LogP contribution in [0.3, 0.4) is 0 Å². The first-order valence-electron chi connectivity index (χ1n) is 4.52. The van der Waals surface area contributed by atoms with E-state index in [2.05, 4.69) is 30.9 Å². The molecule has 0 spiro atoms. The molecule has 0 N–H and O–H groups in total. The Morgan fingerprint density at radius 1 is 1.44 bits per heavy atom. The SMILES string of the molecule is Cc1nonc1COc1ccc(F)cc1Br. The van der Waals surface area contributed by atoms with Crippen molar-refractivity contribution in [3.05, 3.63) is 39.9 Å². The summed E-state index contributed by atoms with van der Waals surface area (Å²) in [5.74, 6) is 0.224. The minimum absolute atomic E-state index is 0.236. The average molecular weight is 287 g/mol. The van der Waals surface area contributed by atoms with Gasteiger partial charge in [0.25, 0.3) is 0 Å². The molecule has 0 amide bonds. The first-order chi connectivity index (χ1) is 7.66. The molecule has 0 saturated carbocycles. The Labute approximate surface area is 99.5 Å². The van der Waals surface area contributed by atoms with Crippen molar-refractivity contribution in [3.8, 4) is 5.75 Å². The summed E-state index contributed by atoms with van der Waals surface area (Å²) in [4.78, 5) is 0. The molecular weight excluding hydrogens is 279 g/mol. The molecular formula is C10H8BrFN2O2. The van der Waals surface area contributed by atoms with Gasteiger partial charge < -0.3 is 4.74 Å². The lowest BCUT2D eigenvalue weighted by Crippen LogP contribution is -1.98. The number of hydrogen-bond acceptors (Lipinski definition) is 4. The fourth-order valence-electron chi connectivity index (χ4n) is 1.12. The molecule has 0 radical (unpaired) electrons. The Morgan fingerprint density at radius 2 is 2.25 bits per heavy atom. The van der Waals surface area contributed by atoms with Crippen molar-refractivity contribution < 1.29 is 13.8 Å². The van der Waals surface area contributed by atoms with Gasteiger partial charge in [0.15, 0.2) is 0 Å². The molecule has 0 fully saturated rings. The molecule has 0 aliphatic carbocycles. The van der Waals surface area contributed by atoms with Crippen molar-refractivity contribution in [2.24, 2.45) is 0 Å². The van der Waals surface area contributed by atoms with Crippen molar-refractivity contribution in [3.63, 3.8) is 0 Å². The van der Waals surface area contributed by atoms with Gasteiger partial charge in [-0.2, -0.15) is 0 Å². The van der Waals surface area contributed by atoms with E-state index in [0.29, 0.717) is 21.6 Å². The number of nitrogens with zero attached hydrogens (tertiary/aromatic N) is 2. The van der Waals surface area contributed by atoms with Crippen LogP contribution in [0, 0.1) is 12.7 Å². The summed E-state index contributed by atoms with van der Waals surface area (Å²) in [6.45, 7) is 2.01. The molecule has 2 aromatic rings. The maximum absolute atomic E-state index is 12.8. The lowest BCUT2D eigenvalue weighted by atomic mass is 10.3. The normalized spacial score (nSPS) is 10.4. The first-order valence-corrected chi connectivity index (χ1v) is 5.32. The third-order valence-electron chi connectivity index (χ3n) is 2.00. The highest BCUT2D eigenvalue weighted by molar-refractivity contribution is 9.10. The molecule has 1 aromatic heterocycles. The number of hydrogen-bond donors (Lipinski definition) is 0. The van der Waals surface area contributed by atoms with Crippen LogP contribution in [0.2, 0.25) is 0 Å². The van der Waals surface area contributed by atoms with Gasteiger partial charge in [0.05, 0.1) is 4.47 Å². The molecule has 0 bridgehead atoms. The number of halogens is 2. The van der Waals surface area contributed by atoms with Crippen molar-refractivity contribution in [1.82, 2.24) is 10.3 Å². The topological polar surface area (TPSA) is 48.2 Å². The number of aromatic nitrogens is 2. The summed E-state index contributed by atoms with van der Waals surface area (Å²) < 4.78 is 23.3. The van der Waals surface area contributed by atoms with Crippen LogP contribution in [0.15, 0.2) is 27.3 Å². The van der Waals surface area contributed by atoms with Crippen LogP contribution >= 0.6 is 15.9 Å². The lowest BCUT2D eigenvalue weighted by Gasteiger charge is -2.06. The second-order valence-corrected chi connectivity index (χ2v) is 4.01. The zero-order valence-corrected chi connectivity index (χ0v) is 9.99. The van der Waals surface area contributed by atoms with Crippen molar-refractivity contribution in [2.75, 3.05) is 0 Å². The molecule has 4 nitrogen and oxygen atoms in total. The summed E-state index contributed by atoms with van der Waals surface area (Å²) >= 11 is 3.21. The van der Waals surface area contributed by atoms with Crippen LogP contribution in [-0.4, -0.2) is 10.3 Å². The summed E-state index contributed by atoms with van der Waals surface area (Å²) in [6.07, 6.45) is 0. The van der Waals surface area contributed by atoms with Gasteiger partial charge in [-0.1, -0.05) is 10.3 Å². The maximum Gasteiger partial charge on any atom is 0.145 e. The summed E-state index contributed by atoms with van der Waals surface area (Å²) in [7, 11) is 0. The average Bonchev–Trinajstić information content (AvgIpc) is 2.63. The van der Waals surface area contributed by atoms with E-state index in [0.717, 1.165) is 0 Å². The quantitative estimate of drug-likeness (QED) is 0.871. The van der Waals surface area contributed by atoms with Crippen molar-refractivity contribution in [2.45, 2.75) is 13.5 Å². The fourth-order valence-corrected chi connectivity index (χ4v) is 1.58. The van der Waals surface area contributed by atoms with E-state index in [4.69, 9.17) is 4.74 Å². The number of benzene rings is 1. The molecule has 0 aliphatic rings. The van der Waals surface area contributed by atoms with E-state index in [-0.39, 0.29) is 12.4 Å². The van der Waals surface area contributed by atoms with E-state index in [1.165, 1.54) is 12.1 Å². The molecule has 2 rings (SSSR count). The monoisotopic (exact) mass is 286 g/mol. The Bertz CT molecular complexity index is 501. The van der Waals surface area contributed by atoms with Gasteiger partial charge in [0.1, 0.15) is 29.6 Å². The highest BCUT2D eigenvalue weighted by atomic mass is 79.9. The van der Waals surface area contributed by atoms with E-state index < -0.39 is 0 Å². The molecule has 6 heteroatoms. The van der Waals surface area contributed by atoms with E-state index in [1.54, 1.807) is 13.0 Å². The van der Waals surface area contributed by atoms with Crippen molar-refractivity contribution in [1.29, 1.82) is 0 Å². The Balaban J connectivity index is 2.08.